The van der Waals surface area contributed by atoms with Gasteiger partial charge in [0.2, 0.25) is 0 Å². The molecule has 0 unspecified atom stereocenters. The molecule has 0 aliphatic rings. The van der Waals surface area contributed by atoms with Crippen LogP contribution in [0.25, 0.3) is 22.0 Å². The molecule has 0 saturated carbocycles. The molecule has 0 N–H and O–H groups in total. The molecule has 0 saturated heterocycles. The van der Waals surface area contributed by atoms with Crippen LogP contribution in [-0.2, 0) is 0 Å². The summed E-state index contributed by atoms with van der Waals surface area (Å²) in [6.45, 7) is 0. The van der Waals surface area contributed by atoms with Gasteiger partial charge in [0.15, 0.2) is 0 Å². The zero-order valence-corrected chi connectivity index (χ0v) is 10.7. The molecule has 0 amide bonds. The van der Waals surface area contributed by atoms with Gasteiger partial charge in [-0.25, -0.2) is 0 Å². The largest absolute Gasteiger partial charge is 0.256 e. The predicted molar refractivity (Wildman–Crippen MR) is 74.9 cm³/mol. The fourth-order valence-electron chi connectivity index (χ4n) is 1.91. The van der Waals surface area contributed by atoms with Crippen molar-refractivity contribution < 1.29 is 0 Å². The monoisotopic (exact) mass is 283 g/mol. The number of halogens is 1. The summed E-state index contributed by atoms with van der Waals surface area (Å²) in [6, 6.07) is 18.7. The van der Waals surface area contributed by atoms with Crippen LogP contribution in [-0.4, -0.2) is 4.98 Å². The Labute approximate surface area is 108 Å². The first-order valence-corrected chi connectivity index (χ1v) is 6.23. The first-order chi connectivity index (χ1) is 8.33. The molecule has 3 rings (SSSR count). The van der Waals surface area contributed by atoms with Gasteiger partial charge in [-0.05, 0) is 41.1 Å². The molecule has 0 spiro atoms. The zero-order valence-electron chi connectivity index (χ0n) is 9.10. The highest BCUT2D eigenvalue weighted by Crippen LogP contribution is 2.25. The van der Waals surface area contributed by atoms with Crippen molar-refractivity contribution in [3.63, 3.8) is 0 Å². The summed E-state index contributed by atoms with van der Waals surface area (Å²) < 4.78 is 1.11. The lowest BCUT2D eigenvalue weighted by Gasteiger charge is -2.03. The number of rotatable bonds is 1. The van der Waals surface area contributed by atoms with Gasteiger partial charge in [0.1, 0.15) is 0 Å². The highest BCUT2D eigenvalue weighted by Gasteiger charge is 2.00. The summed E-state index contributed by atoms with van der Waals surface area (Å²) in [4.78, 5) is 4.36. The Morgan fingerprint density at radius 1 is 0.824 bits per heavy atom. The Balaban J connectivity index is 2.17. The van der Waals surface area contributed by atoms with Crippen LogP contribution >= 0.6 is 15.9 Å². The first-order valence-electron chi connectivity index (χ1n) is 5.44. The van der Waals surface area contributed by atoms with Crippen molar-refractivity contribution in [1.29, 1.82) is 0 Å². The van der Waals surface area contributed by atoms with Crippen LogP contribution in [0.4, 0.5) is 0 Å². The molecule has 2 heteroatoms. The average molecular weight is 284 g/mol. The maximum Gasteiger partial charge on any atom is 0.0702 e. The van der Waals surface area contributed by atoms with Crippen molar-refractivity contribution >= 4 is 26.7 Å². The van der Waals surface area contributed by atoms with E-state index in [2.05, 4.69) is 57.3 Å². The number of aromatic nitrogens is 1. The van der Waals surface area contributed by atoms with Crippen LogP contribution in [0.1, 0.15) is 0 Å². The third-order valence-electron chi connectivity index (χ3n) is 2.76. The van der Waals surface area contributed by atoms with E-state index in [9.17, 15) is 0 Å². The maximum atomic E-state index is 4.36. The van der Waals surface area contributed by atoms with Gasteiger partial charge in [0, 0.05) is 16.2 Å². The van der Waals surface area contributed by atoms with Crippen molar-refractivity contribution in [3.05, 3.63) is 65.3 Å². The van der Waals surface area contributed by atoms with Gasteiger partial charge in [-0.2, -0.15) is 0 Å². The molecule has 1 nitrogen and oxygen atoms in total. The fraction of sp³-hybridized carbons (Fsp3) is 0. The van der Waals surface area contributed by atoms with Gasteiger partial charge in [0.05, 0.1) is 5.69 Å². The maximum absolute atomic E-state index is 4.36. The summed E-state index contributed by atoms with van der Waals surface area (Å²) in [7, 11) is 0. The van der Waals surface area contributed by atoms with E-state index < -0.39 is 0 Å². The van der Waals surface area contributed by atoms with Crippen LogP contribution in [0.5, 0.6) is 0 Å². The second-order valence-corrected chi connectivity index (χ2v) is 4.84. The van der Waals surface area contributed by atoms with Crippen LogP contribution in [0.2, 0.25) is 0 Å². The lowest BCUT2D eigenvalue weighted by molar-refractivity contribution is 1.33. The fourth-order valence-corrected chi connectivity index (χ4v) is 2.29. The Kier molecular flexibility index (Phi) is 2.65. The van der Waals surface area contributed by atoms with Crippen molar-refractivity contribution in [2.75, 3.05) is 0 Å². The van der Waals surface area contributed by atoms with Gasteiger partial charge in [0.25, 0.3) is 0 Å². The molecule has 0 fully saturated rings. The van der Waals surface area contributed by atoms with Gasteiger partial charge >= 0.3 is 0 Å². The Morgan fingerprint density at radius 2 is 1.65 bits per heavy atom. The average Bonchev–Trinajstić information content (AvgIpc) is 2.39. The molecule has 17 heavy (non-hydrogen) atoms. The van der Waals surface area contributed by atoms with E-state index in [1.807, 2.05) is 24.4 Å². The number of hydrogen-bond donors (Lipinski definition) is 0. The van der Waals surface area contributed by atoms with Gasteiger partial charge in [-0.3, -0.25) is 4.98 Å². The summed E-state index contributed by atoms with van der Waals surface area (Å²) in [6.07, 6.45) is 1.82. The second kappa shape index (κ2) is 4.30. The Morgan fingerprint density at radius 3 is 2.47 bits per heavy atom. The number of pyridine rings is 1. The Bertz CT molecular complexity index is 662. The molecule has 0 aliphatic carbocycles. The molecule has 1 heterocycles. The van der Waals surface area contributed by atoms with Gasteiger partial charge in [-0.1, -0.05) is 40.2 Å². The highest BCUT2D eigenvalue weighted by atomic mass is 79.9. The van der Waals surface area contributed by atoms with Gasteiger partial charge in [-0.15, -0.1) is 0 Å². The summed E-state index contributed by atoms with van der Waals surface area (Å²) >= 11 is 3.48. The minimum atomic E-state index is 1.01. The van der Waals surface area contributed by atoms with E-state index in [1.54, 1.807) is 0 Å². The zero-order chi connectivity index (χ0) is 11.7. The topological polar surface area (TPSA) is 12.9 Å². The highest BCUT2D eigenvalue weighted by molar-refractivity contribution is 9.10. The van der Waals surface area contributed by atoms with Crippen LogP contribution < -0.4 is 0 Å². The molecule has 0 bridgehead atoms. The second-order valence-electron chi connectivity index (χ2n) is 3.92. The van der Waals surface area contributed by atoms with E-state index in [0.717, 1.165) is 15.7 Å². The summed E-state index contributed by atoms with van der Waals surface area (Å²) in [5.74, 6) is 0. The van der Waals surface area contributed by atoms with Crippen LogP contribution in [0, 0.1) is 0 Å². The van der Waals surface area contributed by atoms with E-state index in [-0.39, 0.29) is 0 Å². The molecule has 2 aromatic carbocycles. The van der Waals surface area contributed by atoms with Crippen molar-refractivity contribution in [1.82, 2.24) is 4.98 Å². The minimum absolute atomic E-state index is 1.01. The van der Waals surface area contributed by atoms with E-state index in [1.165, 1.54) is 10.8 Å². The van der Waals surface area contributed by atoms with E-state index in [4.69, 9.17) is 0 Å². The van der Waals surface area contributed by atoms with E-state index in [0.29, 0.717) is 0 Å². The van der Waals surface area contributed by atoms with Crippen LogP contribution in [0.15, 0.2) is 65.3 Å². The number of benzene rings is 2. The standard InChI is InChI=1S/C15H10BrN/c16-14-7-6-11-9-13(5-4-12(11)10-14)15-3-1-2-8-17-15/h1-10H. The lowest BCUT2D eigenvalue weighted by Crippen LogP contribution is -1.82. The smallest absolute Gasteiger partial charge is 0.0702 e. The molecular weight excluding hydrogens is 274 g/mol. The van der Waals surface area contributed by atoms with Crippen molar-refractivity contribution in [2.45, 2.75) is 0 Å². The van der Waals surface area contributed by atoms with Crippen molar-refractivity contribution in [2.24, 2.45) is 0 Å². The molecule has 0 aliphatic heterocycles. The Hall–Kier alpha value is -1.67. The molecule has 1 aromatic heterocycles. The molecule has 0 radical (unpaired) electrons. The van der Waals surface area contributed by atoms with Crippen LogP contribution in [0.3, 0.4) is 0 Å². The normalized spacial score (nSPS) is 10.6. The predicted octanol–water partition coefficient (Wildman–Crippen LogP) is 4.66. The quantitative estimate of drug-likeness (QED) is 0.633. The van der Waals surface area contributed by atoms with Gasteiger partial charge < -0.3 is 0 Å². The SMILES string of the molecule is Brc1ccc2cc(-c3ccccn3)ccc2c1. The molecule has 0 atom stereocenters. The number of nitrogens with zero attached hydrogens (tertiary/aromatic N) is 1. The summed E-state index contributed by atoms with van der Waals surface area (Å²) in [5.41, 5.74) is 2.16. The number of fused-ring (bicyclic) bond motifs is 1. The molecule has 82 valence electrons. The summed E-state index contributed by atoms with van der Waals surface area (Å²) in [5, 5.41) is 2.47. The van der Waals surface area contributed by atoms with E-state index >= 15 is 0 Å². The first kappa shape index (κ1) is 10.5. The lowest BCUT2D eigenvalue weighted by atomic mass is 10.0. The third-order valence-corrected chi connectivity index (χ3v) is 3.26. The third kappa shape index (κ3) is 2.08. The minimum Gasteiger partial charge on any atom is -0.256 e. The van der Waals surface area contributed by atoms with Crippen molar-refractivity contribution in [3.8, 4) is 11.3 Å². The molecular formula is C15H10BrN. The molecule has 3 aromatic rings. The number of hydrogen-bond acceptors (Lipinski definition) is 1.